The van der Waals surface area contributed by atoms with Crippen molar-refractivity contribution in [1.82, 2.24) is 4.72 Å². The summed E-state index contributed by atoms with van der Waals surface area (Å²) in [6, 6.07) is 6.43. The lowest BCUT2D eigenvalue weighted by atomic mass is 10.2. The highest BCUT2D eigenvalue weighted by atomic mass is 32.2. The van der Waals surface area contributed by atoms with Crippen molar-refractivity contribution < 1.29 is 17.9 Å². The van der Waals surface area contributed by atoms with Gasteiger partial charge in [0, 0.05) is 12.2 Å². The van der Waals surface area contributed by atoms with Crippen molar-refractivity contribution in [2.24, 2.45) is 0 Å². The van der Waals surface area contributed by atoms with Crippen LogP contribution in [-0.4, -0.2) is 41.1 Å². The summed E-state index contributed by atoms with van der Waals surface area (Å²) in [6.07, 6.45) is 0.871. The van der Waals surface area contributed by atoms with Gasteiger partial charge in [-0.2, -0.15) is 0 Å². The van der Waals surface area contributed by atoms with Crippen molar-refractivity contribution in [2.75, 3.05) is 31.6 Å². The minimum atomic E-state index is -3.44. The van der Waals surface area contributed by atoms with E-state index in [1.54, 1.807) is 19.1 Å². The minimum absolute atomic E-state index is 0.153. The number of benzene rings is 1. The summed E-state index contributed by atoms with van der Waals surface area (Å²) in [4.78, 5) is 13.7. The Hall–Kier alpha value is -1.60. The van der Waals surface area contributed by atoms with Gasteiger partial charge in [0.05, 0.1) is 11.5 Å². The first kappa shape index (κ1) is 17.5. The summed E-state index contributed by atoms with van der Waals surface area (Å²) < 4.78 is 30.6. The molecule has 1 aromatic carbocycles. The predicted octanol–water partition coefficient (Wildman–Crippen LogP) is 1.37. The first-order valence-corrected chi connectivity index (χ1v) is 8.37. The Kier molecular flexibility index (Phi) is 6.64. The molecule has 0 fully saturated rings. The molecule has 0 amide bonds. The fourth-order valence-electron chi connectivity index (χ4n) is 1.89. The molecule has 0 aliphatic heterocycles. The summed E-state index contributed by atoms with van der Waals surface area (Å²) in [5.41, 5.74) is 0.792. The average Bonchev–Trinajstić information content (AvgIpc) is 2.47. The van der Waals surface area contributed by atoms with E-state index in [-0.39, 0.29) is 17.4 Å². The van der Waals surface area contributed by atoms with Crippen molar-refractivity contribution in [1.29, 1.82) is 0 Å². The quantitative estimate of drug-likeness (QED) is 0.734. The number of rotatable bonds is 8. The zero-order valence-electron chi connectivity index (χ0n) is 12.6. The van der Waals surface area contributed by atoms with E-state index in [1.165, 1.54) is 19.2 Å². The Morgan fingerprint density at radius 1 is 1.24 bits per heavy atom. The molecule has 6 nitrogen and oxygen atoms in total. The standard InChI is InChI=1S/C14H22N2O4S/c1-4-10-16(11-14(17)20-5-2)12-6-8-13(9-7-12)21(18,19)15-3/h6-9,15H,4-5,10-11H2,1-3H3. The first-order valence-electron chi connectivity index (χ1n) is 6.88. The second kappa shape index (κ2) is 7.99. The van der Waals surface area contributed by atoms with Crippen LogP contribution in [-0.2, 0) is 19.6 Å². The zero-order chi connectivity index (χ0) is 15.9. The van der Waals surface area contributed by atoms with Crippen LogP contribution in [0.15, 0.2) is 29.2 Å². The normalized spacial score (nSPS) is 11.2. The summed E-state index contributed by atoms with van der Waals surface area (Å²) in [6.45, 7) is 4.96. The number of nitrogens with one attached hydrogen (secondary N) is 1. The number of nitrogens with zero attached hydrogens (tertiary/aromatic N) is 1. The van der Waals surface area contributed by atoms with Gasteiger partial charge in [-0.15, -0.1) is 0 Å². The van der Waals surface area contributed by atoms with E-state index in [4.69, 9.17) is 4.74 Å². The summed E-state index contributed by atoms with van der Waals surface area (Å²) in [5, 5.41) is 0. The fourth-order valence-corrected chi connectivity index (χ4v) is 2.62. The molecule has 0 radical (unpaired) electrons. The van der Waals surface area contributed by atoms with E-state index >= 15 is 0 Å². The van der Waals surface area contributed by atoms with Crippen LogP contribution in [0, 0.1) is 0 Å². The molecule has 1 aromatic rings. The maximum absolute atomic E-state index is 11.7. The van der Waals surface area contributed by atoms with Crippen LogP contribution in [0.5, 0.6) is 0 Å². The maximum atomic E-state index is 11.7. The molecule has 118 valence electrons. The largest absolute Gasteiger partial charge is 0.465 e. The van der Waals surface area contributed by atoms with Crippen LogP contribution in [0.3, 0.4) is 0 Å². The Morgan fingerprint density at radius 3 is 2.33 bits per heavy atom. The van der Waals surface area contributed by atoms with Crippen LogP contribution in [0.4, 0.5) is 5.69 Å². The first-order chi connectivity index (χ1) is 9.94. The van der Waals surface area contributed by atoms with Crippen molar-refractivity contribution >= 4 is 21.7 Å². The molecule has 0 saturated heterocycles. The van der Waals surface area contributed by atoms with E-state index in [2.05, 4.69) is 4.72 Å². The molecule has 21 heavy (non-hydrogen) atoms. The molecule has 7 heteroatoms. The van der Waals surface area contributed by atoms with Crippen LogP contribution < -0.4 is 9.62 Å². The highest BCUT2D eigenvalue weighted by Crippen LogP contribution is 2.18. The van der Waals surface area contributed by atoms with E-state index in [1.807, 2.05) is 11.8 Å². The van der Waals surface area contributed by atoms with Crippen molar-refractivity contribution in [3.8, 4) is 0 Å². The molecular formula is C14H22N2O4S. The number of sulfonamides is 1. The second-order valence-electron chi connectivity index (χ2n) is 4.43. The summed E-state index contributed by atoms with van der Waals surface area (Å²) in [7, 11) is -2.08. The molecule has 1 rings (SSSR count). The van der Waals surface area contributed by atoms with Crippen molar-refractivity contribution in [2.45, 2.75) is 25.2 Å². The van der Waals surface area contributed by atoms with E-state index in [0.717, 1.165) is 12.1 Å². The molecule has 0 bridgehead atoms. The van der Waals surface area contributed by atoms with Gasteiger partial charge in [-0.1, -0.05) is 6.92 Å². The van der Waals surface area contributed by atoms with Gasteiger partial charge in [-0.05, 0) is 44.7 Å². The Bertz CT molecular complexity index is 555. The lowest BCUT2D eigenvalue weighted by molar-refractivity contribution is -0.141. The topological polar surface area (TPSA) is 75.7 Å². The maximum Gasteiger partial charge on any atom is 0.325 e. The summed E-state index contributed by atoms with van der Waals surface area (Å²) >= 11 is 0. The van der Waals surface area contributed by atoms with Gasteiger partial charge >= 0.3 is 5.97 Å². The Balaban J connectivity index is 2.91. The van der Waals surface area contributed by atoms with Crippen molar-refractivity contribution in [3.05, 3.63) is 24.3 Å². The lowest BCUT2D eigenvalue weighted by Crippen LogP contribution is -2.31. The van der Waals surface area contributed by atoms with Gasteiger partial charge in [0.25, 0.3) is 0 Å². The van der Waals surface area contributed by atoms with E-state index < -0.39 is 10.0 Å². The number of hydrogen-bond donors (Lipinski definition) is 1. The smallest absolute Gasteiger partial charge is 0.325 e. The molecular weight excluding hydrogens is 292 g/mol. The highest BCUT2D eigenvalue weighted by molar-refractivity contribution is 7.89. The fraction of sp³-hybridized carbons (Fsp3) is 0.500. The molecule has 1 N–H and O–H groups in total. The average molecular weight is 314 g/mol. The van der Waals surface area contributed by atoms with Crippen molar-refractivity contribution in [3.63, 3.8) is 0 Å². The molecule has 0 aliphatic rings. The molecule has 0 aromatic heterocycles. The monoisotopic (exact) mass is 314 g/mol. The number of hydrogen-bond acceptors (Lipinski definition) is 5. The van der Waals surface area contributed by atoms with Gasteiger partial charge < -0.3 is 9.64 Å². The van der Waals surface area contributed by atoms with Gasteiger partial charge in [-0.25, -0.2) is 13.1 Å². The van der Waals surface area contributed by atoms with Gasteiger partial charge in [-0.3, -0.25) is 4.79 Å². The van der Waals surface area contributed by atoms with Crippen LogP contribution in [0.2, 0.25) is 0 Å². The Morgan fingerprint density at radius 2 is 1.86 bits per heavy atom. The lowest BCUT2D eigenvalue weighted by Gasteiger charge is -2.23. The number of carbonyl (C=O) groups excluding carboxylic acids is 1. The third kappa shape index (κ3) is 5.02. The number of carbonyl (C=O) groups is 1. The zero-order valence-corrected chi connectivity index (χ0v) is 13.4. The van der Waals surface area contributed by atoms with E-state index in [9.17, 15) is 13.2 Å². The van der Waals surface area contributed by atoms with Gasteiger partial charge in [0.15, 0.2) is 0 Å². The predicted molar refractivity (Wildman–Crippen MR) is 81.8 cm³/mol. The number of esters is 1. The SMILES string of the molecule is CCCN(CC(=O)OCC)c1ccc(S(=O)(=O)NC)cc1. The number of ether oxygens (including phenoxy) is 1. The van der Waals surface area contributed by atoms with Crippen LogP contribution in [0.25, 0.3) is 0 Å². The highest BCUT2D eigenvalue weighted by Gasteiger charge is 2.14. The summed E-state index contributed by atoms with van der Waals surface area (Å²) in [5.74, 6) is -0.294. The van der Waals surface area contributed by atoms with Gasteiger partial charge in [0.1, 0.15) is 6.54 Å². The third-order valence-electron chi connectivity index (χ3n) is 2.90. The molecule has 0 unspecified atom stereocenters. The van der Waals surface area contributed by atoms with Crippen LogP contribution in [0.1, 0.15) is 20.3 Å². The third-order valence-corrected chi connectivity index (χ3v) is 4.33. The molecule has 0 atom stereocenters. The molecule has 0 saturated carbocycles. The molecule has 0 aliphatic carbocycles. The molecule has 0 heterocycles. The van der Waals surface area contributed by atoms with E-state index in [0.29, 0.717) is 13.2 Å². The second-order valence-corrected chi connectivity index (χ2v) is 6.31. The number of anilines is 1. The molecule has 0 spiro atoms. The minimum Gasteiger partial charge on any atom is -0.465 e. The Labute approximate surface area is 126 Å². The van der Waals surface area contributed by atoms with Gasteiger partial charge in [0.2, 0.25) is 10.0 Å². The van der Waals surface area contributed by atoms with Crippen LogP contribution >= 0.6 is 0 Å².